The first kappa shape index (κ1) is 14.0. The summed E-state index contributed by atoms with van der Waals surface area (Å²) < 4.78 is 3.56. The number of aromatic nitrogens is 4. The van der Waals surface area contributed by atoms with Gasteiger partial charge in [-0.3, -0.25) is 14.2 Å². The van der Waals surface area contributed by atoms with Gasteiger partial charge in [-0.25, -0.2) is 0 Å². The summed E-state index contributed by atoms with van der Waals surface area (Å²) in [6.45, 7) is 4.42. The average molecular weight is 273 g/mol. The van der Waals surface area contributed by atoms with Crippen molar-refractivity contribution in [1.29, 1.82) is 0 Å². The highest BCUT2D eigenvalue weighted by atomic mass is 16.1. The average Bonchev–Trinajstić information content (AvgIpc) is 2.91. The van der Waals surface area contributed by atoms with Crippen molar-refractivity contribution < 1.29 is 4.79 Å². The second-order valence-corrected chi connectivity index (χ2v) is 4.74. The summed E-state index contributed by atoms with van der Waals surface area (Å²) >= 11 is 0. The molecule has 0 saturated heterocycles. The minimum absolute atomic E-state index is 0.128. The molecule has 1 amide bonds. The maximum absolute atomic E-state index is 11.8. The first-order valence-corrected chi connectivity index (χ1v) is 6.41. The summed E-state index contributed by atoms with van der Waals surface area (Å²) in [5.41, 5.74) is 4.04. The van der Waals surface area contributed by atoms with Crippen LogP contribution in [0.1, 0.15) is 22.5 Å². The maximum atomic E-state index is 11.8. The highest BCUT2D eigenvalue weighted by molar-refractivity contribution is 5.91. The lowest BCUT2D eigenvalue weighted by molar-refractivity contribution is -0.116. The van der Waals surface area contributed by atoms with Crippen LogP contribution >= 0.6 is 0 Å². The van der Waals surface area contributed by atoms with Gasteiger partial charge in [-0.2, -0.15) is 10.2 Å². The van der Waals surface area contributed by atoms with Gasteiger partial charge in [-0.15, -0.1) is 0 Å². The Kier molecular flexibility index (Phi) is 4.02. The highest BCUT2D eigenvalue weighted by Gasteiger charge is 2.05. The normalized spacial score (nSPS) is 11.2. The molecule has 0 aliphatic heterocycles. The molecule has 0 atom stereocenters. The Bertz CT molecular complexity index is 651. The molecule has 20 heavy (non-hydrogen) atoms. The van der Waals surface area contributed by atoms with E-state index in [0.29, 0.717) is 6.54 Å². The molecule has 6 heteroatoms. The molecule has 0 aliphatic carbocycles. The third-order valence-corrected chi connectivity index (χ3v) is 3.48. The lowest BCUT2D eigenvalue weighted by Gasteiger charge is -2.01. The fourth-order valence-electron chi connectivity index (χ4n) is 1.80. The standard InChI is InChI=1S/C14H19N5O/c1-10-12(8-16-18(10)3)5-6-14(20)15-7-13-9-17-19(4)11(13)2/h5-6,8-9H,7H2,1-4H3,(H,15,20)/b6-5+. The van der Waals surface area contributed by atoms with Crippen molar-refractivity contribution in [1.82, 2.24) is 24.9 Å². The van der Waals surface area contributed by atoms with E-state index < -0.39 is 0 Å². The highest BCUT2D eigenvalue weighted by Crippen LogP contribution is 2.08. The van der Waals surface area contributed by atoms with E-state index in [1.165, 1.54) is 6.08 Å². The number of nitrogens with zero attached hydrogens (tertiary/aromatic N) is 4. The van der Waals surface area contributed by atoms with E-state index in [2.05, 4.69) is 15.5 Å². The summed E-state index contributed by atoms with van der Waals surface area (Å²) in [4.78, 5) is 11.8. The van der Waals surface area contributed by atoms with Crippen LogP contribution in [0.25, 0.3) is 6.08 Å². The number of amides is 1. The van der Waals surface area contributed by atoms with E-state index >= 15 is 0 Å². The van der Waals surface area contributed by atoms with E-state index in [9.17, 15) is 4.79 Å². The van der Waals surface area contributed by atoms with Crippen LogP contribution < -0.4 is 5.32 Å². The Morgan fingerprint density at radius 2 is 1.85 bits per heavy atom. The predicted molar refractivity (Wildman–Crippen MR) is 76.8 cm³/mol. The van der Waals surface area contributed by atoms with Crippen LogP contribution in [0.15, 0.2) is 18.5 Å². The number of rotatable bonds is 4. The molecular formula is C14H19N5O. The molecule has 0 spiro atoms. The molecule has 1 N–H and O–H groups in total. The molecule has 0 saturated carbocycles. The van der Waals surface area contributed by atoms with Gasteiger partial charge < -0.3 is 5.32 Å². The molecule has 0 radical (unpaired) electrons. The SMILES string of the molecule is Cc1c(/C=C/C(=O)NCc2cnn(C)c2C)cnn1C. The van der Waals surface area contributed by atoms with Gasteiger partial charge in [-0.1, -0.05) is 0 Å². The number of hydrogen-bond acceptors (Lipinski definition) is 3. The number of carbonyl (C=O) groups is 1. The fourth-order valence-corrected chi connectivity index (χ4v) is 1.80. The summed E-state index contributed by atoms with van der Waals surface area (Å²) in [6, 6.07) is 0. The first-order chi connectivity index (χ1) is 9.49. The van der Waals surface area contributed by atoms with E-state index in [0.717, 1.165) is 22.5 Å². The third kappa shape index (κ3) is 2.96. The van der Waals surface area contributed by atoms with Crippen LogP contribution in [-0.4, -0.2) is 25.5 Å². The largest absolute Gasteiger partial charge is 0.348 e. The maximum Gasteiger partial charge on any atom is 0.244 e. The summed E-state index contributed by atoms with van der Waals surface area (Å²) in [7, 11) is 3.75. The Morgan fingerprint density at radius 3 is 2.40 bits per heavy atom. The van der Waals surface area contributed by atoms with Gasteiger partial charge in [0.25, 0.3) is 0 Å². The molecule has 0 bridgehead atoms. The quantitative estimate of drug-likeness (QED) is 0.848. The number of aryl methyl sites for hydroxylation is 2. The lowest BCUT2D eigenvalue weighted by Crippen LogP contribution is -2.20. The smallest absolute Gasteiger partial charge is 0.244 e. The van der Waals surface area contributed by atoms with Crippen LogP contribution in [-0.2, 0) is 25.4 Å². The Morgan fingerprint density at radius 1 is 1.20 bits per heavy atom. The Balaban J connectivity index is 1.93. The summed E-state index contributed by atoms with van der Waals surface area (Å²) in [5, 5.41) is 11.1. The van der Waals surface area contributed by atoms with Crippen LogP contribution in [0.3, 0.4) is 0 Å². The Hall–Kier alpha value is -2.37. The molecule has 2 aromatic rings. The van der Waals surface area contributed by atoms with Crippen molar-refractivity contribution in [2.75, 3.05) is 0 Å². The number of hydrogen-bond donors (Lipinski definition) is 1. The predicted octanol–water partition coefficient (Wildman–Crippen LogP) is 1.10. The van der Waals surface area contributed by atoms with Crippen LogP contribution in [0.5, 0.6) is 0 Å². The zero-order valence-corrected chi connectivity index (χ0v) is 12.2. The fraction of sp³-hybridized carbons (Fsp3) is 0.357. The second kappa shape index (κ2) is 5.73. The molecule has 2 heterocycles. The van der Waals surface area contributed by atoms with E-state index in [1.54, 1.807) is 27.8 Å². The van der Waals surface area contributed by atoms with Crippen molar-refractivity contribution >= 4 is 12.0 Å². The first-order valence-electron chi connectivity index (χ1n) is 6.41. The molecule has 0 fully saturated rings. The molecular weight excluding hydrogens is 254 g/mol. The molecule has 0 aromatic carbocycles. The lowest BCUT2D eigenvalue weighted by atomic mass is 10.2. The van der Waals surface area contributed by atoms with Crippen molar-refractivity contribution in [3.63, 3.8) is 0 Å². The Labute approximate surface area is 118 Å². The molecule has 2 aromatic heterocycles. The van der Waals surface area contributed by atoms with E-state index in [-0.39, 0.29) is 5.91 Å². The molecule has 6 nitrogen and oxygen atoms in total. The zero-order valence-electron chi connectivity index (χ0n) is 12.2. The third-order valence-electron chi connectivity index (χ3n) is 3.48. The molecule has 0 aliphatic rings. The minimum Gasteiger partial charge on any atom is -0.348 e. The van der Waals surface area contributed by atoms with Crippen molar-refractivity contribution in [3.05, 3.63) is 41.0 Å². The second-order valence-electron chi connectivity index (χ2n) is 4.74. The van der Waals surface area contributed by atoms with Crippen molar-refractivity contribution in [2.45, 2.75) is 20.4 Å². The zero-order chi connectivity index (χ0) is 14.7. The van der Waals surface area contributed by atoms with Gasteiger partial charge >= 0.3 is 0 Å². The molecule has 0 unspecified atom stereocenters. The van der Waals surface area contributed by atoms with Gasteiger partial charge in [0.1, 0.15) is 0 Å². The van der Waals surface area contributed by atoms with Crippen molar-refractivity contribution in [2.24, 2.45) is 14.1 Å². The topological polar surface area (TPSA) is 64.7 Å². The van der Waals surface area contributed by atoms with E-state index in [1.807, 2.05) is 27.9 Å². The number of nitrogens with one attached hydrogen (secondary N) is 1. The van der Waals surface area contributed by atoms with Gasteiger partial charge in [0.05, 0.1) is 12.4 Å². The van der Waals surface area contributed by atoms with E-state index in [4.69, 9.17) is 0 Å². The molecule has 106 valence electrons. The molecule has 2 rings (SSSR count). The van der Waals surface area contributed by atoms with Gasteiger partial charge in [-0.05, 0) is 19.9 Å². The van der Waals surface area contributed by atoms with Gasteiger partial charge in [0.15, 0.2) is 0 Å². The van der Waals surface area contributed by atoms with Crippen LogP contribution in [0.2, 0.25) is 0 Å². The monoisotopic (exact) mass is 273 g/mol. The van der Waals surface area contributed by atoms with Gasteiger partial charge in [0.2, 0.25) is 5.91 Å². The van der Waals surface area contributed by atoms with Gasteiger partial charge in [0, 0.05) is 49.2 Å². The summed E-state index contributed by atoms with van der Waals surface area (Å²) in [5.74, 6) is -0.128. The van der Waals surface area contributed by atoms with Crippen LogP contribution in [0.4, 0.5) is 0 Å². The summed E-state index contributed by atoms with van der Waals surface area (Å²) in [6.07, 6.45) is 6.80. The van der Waals surface area contributed by atoms with Crippen molar-refractivity contribution in [3.8, 4) is 0 Å². The van der Waals surface area contributed by atoms with Crippen LogP contribution in [0, 0.1) is 13.8 Å². The minimum atomic E-state index is -0.128. The number of carbonyl (C=O) groups excluding carboxylic acids is 1.